The molecule has 0 spiro atoms. The number of thiophene rings is 1. The number of rotatable bonds is 9. The number of hydrogen-bond donors (Lipinski definition) is 1. The van der Waals surface area contributed by atoms with Crippen LogP contribution in [0.1, 0.15) is 18.4 Å². The first-order valence-corrected chi connectivity index (χ1v) is 13.0. The van der Waals surface area contributed by atoms with Crippen molar-refractivity contribution in [2.75, 3.05) is 35.9 Å². The summed E-state index contributed by atoms with van der Waals surface area (Å²) in [6.45, 7) is 2.33. The van der Waals surface area contributed by atoms with Crippen molar-refractivity contribution in [1.82, 2.24) is 10.3 Å². The minimum absolute atomic E-state index is 0.137. The third kappa shape index (κ3) is 5.63. The zero-order valence-electron chi connectivity index (χ0n) is 18.3. The Bertz CT molecular complexity index is 1160. The molecule has 33 heavy (non-hydrogen) atoms. The van der Waals surface area contributed by atoms with Gasteiger partial charge in [-0.1, -0.05) is 12.1 Å². The quantitative estimate of drug-likeness (QED) is 0.499. The number of ether oxygens (including phenoxy) is 1. The molecule has 0 saturated carbocycles. The molecular formula is C23H26N4O4S2. The van der Waals surface area contributed by atoms with Crippen molar-refractivity contribution in [3.63, 3.8) is 0 Å². The summed E-state index contributed by atoms with van der Waals surface area (Å²) in [6.07, 6.45) is 4.19. The number of benzene rings is 1. The normalized spacial score (nSPS) is 13.7. The zero-order valence-corrected chi connectivity index (χ0v) is 19.9. The van der Waals surface area contributed by atoms with Gasteiger partial charge in [-0.25, -0.2) is 13.4 Å². The van der Waals surface area contributed by atoms with Gasteiger partial charge in [-0.05, 0) is 60.2 Å². The van der Waals surface area contributed by atoms with Crippen molar-refractivity contribution in [2.24, 2.45) is 0 Å². The molecule has 0 aliphatic carbocycles. The number of amides is 1. The lowest BCUT2D eigenvalue weighted by molar-refractivity contribution is -0.123. The Balaban J connectivity index is 1.25. The maximum Gasteiger partial charge on any atom is 0.273 e. The van der Waals surface area contributed by atoms with Gasteiger partial charge >= 0.3 is 0 Å². The molecule has 0 atom stereocenters. The smallest absolute Gasteiger partial charge is 0.273 e. The minimum Gasteiger partial charge on any atom is -0.484 e. The van der Waals surface area contributed by atoms with E-state index in [4.69, 9.17) is 4.74 Å². The number of nitrogens with one attached hydrogen (secondary N) is 1. The Labute approximate surface area is 197 Å². The Morgan fingerprint density at radius 1 is 1.15 bits per heavy atom. The molecule has 1 aliphatic rings. The molecule has 0 bridgehead atoms. The van der Waals surface area contributed by atoms with E-state index in [1.165, 1.54) is 35.5 Å². The van der Waals surface area contributed by atoms with Crippen LogP contribution in [0.2, 0.25) is 0 Å². The molecule has 1 fully saturated rings. The van der Waals surface area contributed by atoms with E-state index in [0.29, 0.717) is 18.0 Å². The molecule has 3 heterocycles. The van der Waals surface area contributed by atoms with Crippen LogP contribution in [-0.4, -0.2) is 46.1 Å². The third-order valence-electron chi connectivity index (χ3n) is 5.41. The summed E-state index contributed by atoms with van der Waals surface area (Å²) in [4.78, 5) is 18.9. The summed E-state index contributed by atoms with van der Waals surface area (Å²) in [5, 5.41) is 4.54. The van der Waals surface area contributed by atoms with E-state index in [2.05, 4.69) is 15.2 Å². The van der Waals surface area contributed by atoms with E-state index >= 15 is 0 Å². The van der Waals surface area contributed by atoms with Crippen molar-refractivity contribution >= 4 is 38.8 Å². The second kappa shape index (κ2) is 10.2. The van der Waals surface area contributed by atoms with Crippen LogP contribution in [0, 0.1) is 0 Å². The van der Waals surface area contributed by atoms with Crippen LogP contribution in [0.15, 0.2) is 64.3 Å². The lowest BCUT2D eigenvalue weighted by atomic mass is 10.2. The van der Waals surface area contributed by atoms with Crippen molar-refractivity contribution in [1.29, 1.82) is 0 Å². The van der Waals surface area contributed by atoms with Crippen LogP contribution < -0.4 is 19.3 Å². The Morgan fingerprint density at radius 2 is 1.91 bits per heavy atom. The summed E-state index contributed by atoms with van der Waals surface area (Å²) in [7, 11) is -2.08. The molecule has 1 saturated heterocycles. The van der Waals surface area contributed by atoms with Crippen LogP contribution in [0.3, 0.4) is 0 Å². The van der Waals surface area contributed by atoms with E-state index in [1.807, 2.05) is 12.1 Å². The minimum atomic E-state index is -3.59. The fourth-order valence-electron chi connectivity index (χ4n) is 3.49. The highest BCUT2D eigenvalue weighted by atomic mass is 32.2. The zero-order chi connectivity index (χ0) is 23.3. The maximum atomic E-state index is 12.6. The second-order valence-corrected chi connectivity index (χ2v) is 10.8. The average molecular weight is 487 g/mol. The summed E-state index contributed by atoms with van der Waals surface area (Å²) in [6, 6.07) is 13.8. The molecule has 0 unspecified atom stereocenters. The highest BCUT2D eigenvalue weighted by molar-refractivity contribution is 7.94. The van der Waals surface area contributed by atoms with Crippen LogP contribution in [0.25, 0.3) is 0 Å². The number of aromatic nitrogens is 1. The number of hydrogen-bond acceptors (Lipinski definition) is 7. The predicted octanol–water partition coefficient (Wildman–Crippen LogP) is 3.26. The summed E-state index contributed by atoms with van der Waals surface area (Å²) >= 11 is 1.17. The second-order valence-electron chi connectivity index (χ2n) is 7.68. The van der Waals surface area contributed by atoms with Crippen LogP contribution in [-0.2, 0) is 21.4 Å². The molecule has 4 rings (SSSR count). The van der Waals surface area contributed by atoms with Crippen LogP contribution in [0.5, 0.6) is 5.75 Å². The van der Waals surface area contributed by atoms with Gasteiger partial charge in [-0.15, -0.1) is 11.3 Å². The van der Waals surface area contributed by atoms with Gasteiger partial charge in [-0.2, -0.15) is 0 Å². The first-order valence-electron chi connectivity index (χ1n) is 10.7. The maximum absolute atomic E-state index is 12.6. The van der Waals surface area contributed by atoms with Gasteiger partial charge in [-0.3, -0.25) is 9.10 Å². The van der Waals surface area contributed by atoms with Gasteiger partial charge in [0, 0.05) is 32.9 Å². The molecule has 174 valence electrons. The van der Waals surface area contributed by atoms with Gasteiger partial charge in [0.1, 0.15) is 15.8 Å². The highest BCUT2D eigenvalue weighted by Crippen LogP contribution is 2.26. The fourth-order valence-corrected chi connectivity index (χ4v) is 5.85. The molecule has 1 N–H and O–H groups in total. The van der Waals surface area contributed by atoms with E-state index in [9.17, 15) is 13.2 Å². The standard InChI is InChI=1S/C23H26N4O4S2/c1-26(33(29,30)23-5-4-14-32-23)19-7-9-20(10-8-19)31-17-22(28)25-16-18-6-11-21(24-15-18)27-12-2-3-13-27/h4-11,14-15H,2-3,12-13,16-17H2,1H3,(H,25,28). The Morgan fingerprint density at radius 3 is 2.55 bits per heavy atom. The highest BCUT2D eigenvalue weighted by Gasteiger charge is 2.22. The first-order chi connectivity index (χ1) is 15.9. The molecule has 3 aromatic rings. The fraction of sp³-hybridized carbons (Fsp3) is 0.304. The number of pyridine rings is 1. The predicted molar refractivity (Wildman–Crippen MR) is 129 cm³/mol. The molecular weight excluding hydrogens is 460 g/mol. The number of anilines is 2. The van der Waals surface area contributed by atoms with Gasteiger partial charge < -0.3 is 15.0 Å². The number of sulfonamides is 1. The van der Waals surface area contributed by atoms with E-state index in [0.717, 1.165) is 24.5 Å². The molecule has 2 aromatic heterocycles. The number of carbonyl (C=O) groups is 1. The molecule has 0 radical (unpaired) electrons. The topological polar surface area (TPSA) is 91.8 Å². The van der Waals surface area contributed by atoms with Gasteiger partial charge in [0.2, 0.25) is 0 Å². The molecule has 10 heteroatoms. The van der Waals surface area contributed by atoms with Crippen molar-refractivity contribution in [3.8, 4) is 5.75 Å². The Kier molecular flexibility index (Phi) is 7.14. The van der Waals surface area contributed by atoms with E-state index < -0.39 is 10.0 Å². The van der Waals surface area contributed by atoms with Crippen molar-refractivity contribution in [3.05, 3.63) is 65.7 Å². The molecule has 8 nitrogen and oxygen atoms in total. The number of carbonyl (C=O) groups excluding carboxylic acids is 1. The monoisotopic (exact) mass is 486 g/mol. The summed E-state index contributed by atoms with van der Waals surface area (Å²) in [5.41, 5.74) is 1.43. The molecule has 1 aliphatic heterocycles. The SMILES string of the molecule is CN(c1ccc(OCC(=O)NCc2ccc(N3CCCC3)nc2)cc1)S(=O)(=O)c1cccs1. The van der Waals surface area contributed by atoms with E-state index in [1.54, 1.807) is 48.0 Å². The Hall–Kier alpha value is -3.11. The van der Waals surface area contributed by atoms with Crippen LogP contribution >= 0.6 is 11.3 Å². The largest absolute Gasteiger partial charge is 0.484 e. The lowest BCUT2D eigenvalue weighted by Gasteiger charge is -2.18. The number of nitrogens with zero attached hydrogens (tertiary/aromatic N) is 3. The lowest BCUT2D eigenvalue weighted by Crippen LogP contribution is -2.28. The van der Waals surface area contributed by atoms with Crippen molar-refractivity contribution in [2.45, 2.75) is 23.6 Å². The van der Waals surface area contributed by atoms with Crippen LogP contribution in [0.4, 0.5) is 11.5 Å². The van der Waals surface area contributed by atoms with Crippen molar-refractivity contribution < 1.29 is 17.9 Å². The first kappa shape index (κ1) is 23.1. The van der Waals surface area contributed by atoms with Gasteiger partial charge in [0.15, 0.2) is 6.61 Å². The average Bonchev–Trinajstić information content (AvgIpc) is 3.57. The van der Waals surface area contributed by atoms with E-state index in [-0.39, 0.29) is 16.7 Å². The molecule has 1 amide bonds. The summed E-state index contributed by atoms with van der Waals surface area (Å²) < 4.78 is 32.3. The summed E-state index contributed by atoms with van der Waals surface area (Å²) in [5.74, 6) is 1.20. The van der Waals surface area contributed by atoms with Gasteiger partial charge in [0.05, 0.1) is 5.69 Å². The third-order valence-corrected chi connectivity index (χ3v) is 8.57. The molecule has 1 aromatic carbocycles. The van der Waals surface area contributed by atoms with Gasteiger partial charge in [0.25, 0.3) is 15.9 Å².